The first-order valence-electron chi connectivity index (χ1n) is 10.3. The molecule has 7 nitrogen and oxygen atoms in total. The van der Waals surface area contributed by atoms with Crippen LogP contribution in [0.3, 0.4) is 0 Å². The summed E-state index contributed by atoms with van der Waals surface area (Å²) in [6.45, 7) is 5.00. The topological polar surface area (TPSA) is 88.9 Å². The number of nitrogens with zero attached hydrogens (tertiary/aromatic N) is 3. The molecule has 2 aromatic carbocycles. The van der Waals surface area contributed by atoms with Crippen LogP contribution in [0.4, 0.5) is 19.6 Å². The second-order valence-electron chi connectivity index (χ2n) is 7.68. The Balaban J connectivity index is 1.47. The van der Waals surface area contributed by atoms with Crippen LogP contribution in [0.25, 0.3) is 16.9 Å². The number of hydrogen-bond donors (Lipinski definition) is 2. The maximum absolute atomic E-state index is 14.5. The summed E-state index contributed by atoms with van der Waals surface area (Å²) in [6.07, 6.45) is 0.0769. The maximum Gasteiger partial charge on any atom is 0.230 e. The number of halogens is 2. The van der Waals surface area contributed by atoms with E-state index in [1.807, 2.05) is 13.8 Å². The fourth-order valence-electron chi connectivity index (χ4n) is 3.55. The number of aryl methyl sites for hydroxylation is 1. The van der Waals surface area contributed by atoms with Crippen molar-refractivity contribution in [3.63, 3.8) is 0 Å². The molecule has 34 heavy (non-hydrogen) atoms. The highest BCUT2D eigenvalue weighted by Gasteiger charge is 2.18. The molecule has 2 amide bonds. The van der Waals surface area contributed by atoms with Crippen LogP contribution >= 0.6 is 11.3 Å². The lowest BCUT2D eigenvalue weighted by Gasteiger charge is -2.06. The van der Waals surface area contributed by atoms with Gasteiger partial charge in [0.15, 0.2) is 5.13 Å². The van der Waals surface area contributed by atoms with E-state index >= 15 is 0 Å². The van der Waals surface area contributed by atoms with E-state index in [0.29, 0.717) is 27.9 Å². The first-order valence-corrected chi connectivity index (χ1v) is 11.2. The van der Waals surface area contributed by atoms with E-state index in [2.05, 4.69) is 20.7 Å². The fourth-order valence-corrected chi connectivity index (χ4v) is 4.27. The Bertz CT molecular complexity index is 1380. The first kappa shape index (κ1) is 23.2. The van der Waals surface area contributed by atoms with Gasteiger partial charge in [0.1, 0.15) is 11.6 Å². The van der Waals surface area contributed by atoms with E-state index in [-0.39, 0.29) is 29.6 Å². The number of nitrogens with one attached hydrogen (secondary N) is 2. The van der Waals surface area contributed by atoms with Gasteiger partial charge in [-0.25, -0.2) is 18.4 Å². The highest BCUT2D eigenvalue weighted by atomic mass is 32.1. The van der Waals surface area contributed by atoms with Crippen LogP contribution in [-0.4, -0.2) is 26.6 Å². The number of amides is 2. The Morgan fingerprint density at radius 2 is 1.79 bits per heavy atom. The summed E-state index contributed by atoms with van der Waals surface area (Å²) in [7, 11) is 0. The molecule has 0 unspecified atom stereocenters. The lowest BCUT2D eigenvalue weighted by Crippen LogP contribution is -2.15. The minimum atomic E-state index is -0.533. The molecule has 2 aromatic heterocycles. The van der Waals surface area contributed by atoms with Crippen molar-refractivity contribution in [2.75, 3.05) is 10.6 Å². The van der Waals surface area contributed by atoms with E-state index in [9.17, 15) is 18.4 Å². The molecule has 10 heteroatoms. The van der Waals surface area contributed by atoms with Crippen LogP contribution in [0.1, 0.15) is 23.9 Å². The highest BCUT2D eigenvalue weighted by molar-refractivity contribution is 7.14. The Morgan fingerprint density at radius 3 is 2.47 bits per heavy atom. The van der Waals surface area contributed by atoms with E-state index in [1.54, 1.807) is 28.3 Å². The van der Waals surface area contributed by atoms with Gasteiger partial charge in [0.25, 0.3) is 0 Å². The van der Waals surface area contributed by atoms with Gasteiger partial charge in [0, 0.05) is 34.8 Å². The van der Waals surface area contributed by atoms with Crippen molar-refractivity contribution in [1.29, 1.82) is 0 Å². The van der Waals surface area contributed by atoms with Gasteiger partial charge in [-0.15, -0.1) is 11.3 Å². The molecule has 0 fully saturated rings. The van der Waals surface area contributed by atoms with E-state index < -0.39 is 5.82 Å². The molecule has 2 N–H and O–H groups in total. The van der Waals surface area contributed by atoms with Crippen LogP contribution in [-0.2, 0) is 16.0 Å². The van der Waals surface area contributed by atoms with Crippen LogP contribution in [0, 0.1) is 25.5 Å². The average molecular weight is 482 g/mol. The molecular weight excluding hydrogens is 460 g/mol. The zero-order chi connectivity index (χ0) is 24.4. The summed E-state index contributed by atoms with van der Waals surface area (Å²) >= 11 is 1.18. The van der Waals surface area contributed by atoms with Gasteiger partial charge < -0.3 is 10.6 Å². The monoisotopic (exact) mass is 481 g/mol. The van der Waals surface area contributed by atoms with Gasteiger partial charge in [-0.1, -0.05) is 0 Å². The Hall–Kier alpha value is -3.92. The quantitative estimate of drug-likeness (QED) is 0.404. The zero-order valence-corrected chi connectivity index (χ0v) is 19.5. The molecule has 174 valence electrons. The van der Waals surface area contributed by atoms with Crippen molar-refractivity contribution in [3.8, 4) is 16.9 Å². The summed E-state index contributed by atoms with van der Waals surface area (Å²) < 4.78 is 29.4. The third kappa shape index (κ3) is 5.01. The van der Waals surface area contributed by atoms with Crippen LogP contribution < -0.4 is 10.6 Å². The number of carbonyl (C=O) groups excluding carboxylic acids is 2. The molecule has 0 saturated carbocycles. The highest BCUT2D eigenvalue weighted by Crippen LogP contribution is 2.29. The summed E-state index contributed by atoms with van der Waals surface area (Å²) in [5.74, 6) is -1.45. The number of benzene rings is 2. The third-order valence-corrected chi connectivity index (χ3v) is 5.92. The van der Waals surface area contributed by atoms with Gasteiger partial charge in [-0.2, -0.15) is 5.10 Å². The van der Waals surface area contributed by atoms with Gasteiger partial charge in [-0.3, -0.25) is 9.59 Å². The molecule has 4 aromatic rings. The largest absolute Gasteiger partial charge is 0.326 e. The van der Waals surface area contributed by atoms with E-state index in [1.165, 1.54) is 42.5 Å². The fraction of sp³-hybridized carbons (Fsp3) is 0.167. The summed E-state index contributed by atoms with van der Waals surface area (Å²) in [4.78, 5) is 28.2. The normalized spacial score (nSPS) is 10.9. The molecule has 0 aliphatic carbocycles. The van der Waals surface area contributed by atoms with Crippen molar-refractivity contribution < 1.29 is 18.4 Å². The van der Waals surface area contributed by atoms with Crippen molar-refractivity contribution in [1.82, 2.24) is 14.8 Å². The number of carbonyl (C=O) groups is 2. The predicted molar refractivity (Wildman–Crippen MR) is 127 cm³/mol. The van der Waals surface area contributed by atoms with Gasteiger partial charge in [0.2, 0.25) is 11.8 Å². The molecule has 4 rings (SSSR count). The number of anilines is 2. The lowest BCUT2D eigenvalue weighted by atomic mass is 10.1. The second-order valence-corrected chi connectivity index (χ2v) is 8.53. The van der Waals surface area contributed by atoms with Crippen LogP contribution in [0.5, 0.6) is 0 Å². The standard InChI is InChI=1S/C24H21F2N5O2S/c1-13-20(14(2)31(30-13)18-7-4-16(25)5-8-18)11-23(33)29-24-28-22(12-34-24)19-9-6-17(10-21(19)26)27-15(3)32/h4-10,12H,11H2,1-3H3,(H,27,32)(H,28,29,33). The molecule has 0 atom stereocenters. The second kappa shape index (κ2) is 9.52. The van der Waals surface area contributed by atoms with Crippen molar-refractivity contribution >= 4 is 34.0 Å². The molecule has 0 radical (unpaired) electrons. The summed E-state index contributed by atoms with van der Waals surface area (Å²) in [6, 6.07) is 10.3. The minimum Gasteiger partial charge on any atom is -0.326 e. The van der Waals surface area contributed by atoms with E-state index in [4.69, 9.17) is 0 Å². The molecule has 0 bridgehead atoms. The Morgan fingerprint density at radius 1 is 1.06 bits per heavy atom. The molecule has 0 aliphatic heterocycles. The van der Waals surface area contributed by atoms with Gasteiger partial charge in [-0.05, 0) is 56.3 Å². The minimum absolute atomic E-state index is 0.0769. The molecule has 0 spiro atoms. The van der Waals surface area contributed by atoms with Gasteiger partial charge >= 0.3 is 0 Å². The number of rotatable bonds is 6. The number of thiazole rings is 1. The molecule has 2 heterocycles. The van der Waals surface area contributed by atoms with Crippen molar-refractivity contribution in [3.05, 3.63) is 76.4 Å². The summed E-state index contributed by atoms with van der Waals surface area (Å²) in [5.41, 5.74) is 3.92. The smallest absolute Gasteiger partial charge is 0.230 e. The van der Waals surface area contributed by atoms with E-state index in [0.717, 1.165) is 11.3 Å². The molecular formula is C24H21F2N5O2S. The average Bonchev–Trinajstić information content (AvgIpc) is 3.34. The maximum atomic E-state index is 14.5. The zero-order valence-electron chi connectivity index (χ0n) is 18.6. The molecule has 0 saturated heterocycles. The van der Waals surface area contributed by atoms with Crippen molar-refractivity contribution in [2.45, 2.75) is 27.2 Å². The Labute approximate surface area is 198 Å². The van der Waals surface area contributed by atoms with Crippen molar-refractivity contribution in [2.24, 2.45) is 0 Å². The SMILES string of the molecule is CC(=O)Nc1ccc(-c2csc(NC(=O)Cc3c(C)nn(-c4ccc(F)cc4)c3C)n2)c(F)c1. The van der Waals surface area contributed by atoms with Crippen LogP contribution in [0.15, 0.2) is 47.8 Å². The lowest BCUT2D eigenvalue weighted by molar-refractivity contribution is -0.116. The van der Waals surface area contributed by atoms with Gasteiger partial charge in [0.05, 0.1) is 23.5 Å². The third-order valence-electron chi connectivity index (χ3n) is 5.17. The summed E-state index contributed by atoms with van der Waals surface area (Å²) in [5, 5.41) is 11.7. The number of aromatic nitrogens is 3. The van der Waals surface area contributed by atoms with Crippen LogP contribution in [0.2, 0.25) is 0 Å². The molecule has 0 aliphatic rings. The predicted octanol–water partition coefficient (Wildman–Crippen LogP) is 5.03. The Kier molecular flexibility index (Phi) is 6.51. The number of hydrogen-bond acceptors (Lipinski definition) is 5. The first-order chi connectivity index (χ1) is 16.2.